The van der Waals surface area contributed by atoms with Crippen LogP contribution in [0.25, 0.3) is 0 Å². The normalized spacial score (nSPS) is 21.3. The number of nitrogens with one attached hydrogen (secondary N) is 1. The Hall–Kier alpha value is -0.0800. The minimum Gasteiger partial charge on any atom is -0.313 e. The van der Waals surface area contributed by atoms with Gasteiger partial charge in [0.25, 0.3) is 0 Å². The molecule has 0 aromatic heterocycles. The van der Waals surface area contributed by atoms with Crippen molar-refractivity contribution in [1.29, 1.82) is 0 Å². The lowest BCUT2D eigenvalue weighted by molar-refractivity contribution is 0.248. The van der Waals surface area contributed by atoms with Gasteiger partial charge in [-0.25, -0.2) is 0 Å². The second-order valence-corrected chi connectivity index (χ2v) is 7.47. The molecule has 2 rings (SSSR count). The lowest BCUT2D eigenvalue weighted by atomic mass is 10.0. The molecule has 0 aromatic carbocycles. The predicted molar refractivity (Wildman–Crippen MR) is 83.4 cm³/mol. The summed E-state index contributed by atoms with van der Waals surface area (Å²) in [6.45, 7) is 12.2. The van der Waals surface area contributed by atoms with Crippen molar-refractivity contribution in [2.45, 2.75) is 65.3 Å². The molecule has 0 aromatic rings. The van der Waals surface area contributed by atoms with Crippen molar-refractivity contribution in [3.8, 4) is 0 Å². The maximum atomic E-state index is 3.71. The van der Waals surface area contributed by atoms with Gasteiger partial charge in [0.1, 0.15) is 0 Å². The summed E-state index contributed by atoms with van der Waals surface area (Å²) in [5.74, 6) is 2.92. The van der Waals surface area contributed by atoms with E-state index in [4.69, 9.17) is 0 Å². The Balaban J connectivity index is 1.55. The summed E-state index contributed by atoms with van der Waals surface area (Å²) in [6, 6.07) is 0.686. The van der Waals surface area contributed by atoms with Crippen molar-refractivity contribution in [1.82, 2.24) is 10.2 Å². The molecule has 2 aliphatic carbocycles. The van der Waals surface area contributed by atoms with Gasteiger partial charge in [0.05, 0.1) is 0 Å². The van der Waals surface area contributed by atoms with Crippen molar-refractivity contribution in [3.05, 3.63) is 0 Å². The molecule has 0 bridgehead atoms. The van der Waals surface area contributed by atoms with Crippen LogP contribution >= 0.6 is 0 Å². The van der Waals surface area contributed by atoms with Crippen LogP contribution in [0.2, 0.25) is 0 Å². The fourth-order valence-electron chi connectivity index (χ4n) is 2.74. The third kappa shape index (κ3) is 7.31. The van der Waals surface area contributed by atoms with Gasteiger partial charge in [-0.1, -0.05) is 13.8 Å². The van der Waals surface area contributed by atoms with Crippen molar-refractivity contribution < 1.29 is 0 Å². The monoisotopic (exact) mass is 266 g/mol. The summed E-state index contributed by atoms with van der Waals surface area (Å²) >= 11 is 0. The molecule has 2 saturated carbocycles. The second-order valence-electron chi connectivity index (χ2n) is 7.47. The molecule has 0 spiro atoms. The molecular weight excluding hydrogens is 232 g/mol. The Labute approximate surface area is 120 Å². The zero-order valence-electron chi connectivity index (χ0n) is 13.3. The van der Waals surface area contributed by atoms with E-state index in [0.717, 1.165) is 17.8 Å². The molecule has 1 N–H and O–H groups in total. The highest BCUT2D eigenvalue weighted by Gasteiger charge is 2.28. The Kier molecular flexibility index (Phi) is 6.15. The third-order valence-electron chi connectivity index (χ3n) is 4.52. The Morgan fingerprint density at radius 1 is 0.947 bits per heavy atom. The summed E-state index contributed by atoms with van der Waals surface area (Å²) in [5, 5.41) is 3.71. The van der Waals surface area contributed by atoms with Crippen LogP contribution < -0.4 is 5.32 Å². The van der Waals surface area contributed by atoms with Crippen molar-refractivity contribution in [2.75, 3.05) is 26.2 Å². The van der Waals surface area contributed by atoms with E-state index in [0.29, 0.717) is 6.04 Å². The molecular formula is C17H34N2. The molecule has 0 aliphatic heterocycles. The van der Waals surface area contributed by atoms with E-state index in [1.54, 1.807) is 0 Å². The van der Waals surface area contributed by atoms with Crippen LogP contribution in [-0.2, 0) is 0 Å². The van der Waals surface area contributed by atoms with E-state index in [9.17, 15) is 0 Å². The summed E-state index contributed by atoms with van der Waals surface area (Å²) < 4.78 is 0. The van der Waals surface area contributed by atoms with Gasteiger partial charge in [-0.15, -0.1) is 0 Å². The van der Waals surface area contributed by atoms with Gasteiger partial charge in [0.2, 0.25) is 0 Å². The zero-order chi connectivity index (χ0) is 13.7. The first-order chi connectivity index (χ1) is 9.13. The molecule has 2 aliphatic rings. The van der Waals surface area contributed by atoms with Gasteiger partial charge < -0.3 is 10.2 Å². The molecule has 0 saturated heterocycles. The molecule has 2 nitrogen and oxygen atoms in total. The maximum Gasteiger partial charge on any atom is 0.0107 e. The van der Waals surface area contributed by atoms with Crippen LogP contribution in [0.15, 0.2) is 0 Å². The maximum absolute atomic E-state index is 3.71. The highest BCUT2D eigenvalue weighted by molar-refractivity contribution is 4.82. The first-order valence-electron chi connectivity index (χ1n) is 8.59. The molecule has 19 heavy (non-hydrogen) atoms. The molecule has 0 amide bonds. The summed E-state index contributed by atoms with van der Waals surface area (Å²) in [6.07, 6.45) is 8.61. The van der Waals surface area contributed by atoms with Gasteiger partial charge in [0.15, 0.2) is 0 Å². The quantitative estimate of drug-likeness (QED) is 0.615. The predicted octanol–water partition coefficient (Wildman–Crippen LogP) is 3.52. The largest absolute Gasteiger partial charge is 0.313 e. The van der Waals surface area contributed by atoms with E-state index in [1.807, 2.05) is 0 Å². The Morgan fingerprint density at radius 3 is 2.00 bits per heavy atom. The lowest BCUT2D eigenvalue weighted by Gasteiger charge is -2.23. The van der Waals surface area contributed by atoms with Gasteiger partial charge in [-0.3, -0.25) is 0 Å². The standard InChI is InChI=1S/C17H34N2/c1-14(2)4-5-15(3)18-10-11-19(12-16-6-7-16)13-17-8-9-17/h14-18H,4-13H2,1-3H3. The first kappa shape index (κ1) is 15.3. The molecule has 0 radical (unpaired) electrons. The van der Waals surface area contributed by atoms with Gasteiger partial charge in [-0.2, -0.15) is 0 Å². The molecule has 2 fully saturated rings. The van der Waals surface area contributed by atoms with Crippen LogP contribution in [0.4, 0.5) is 0 Å². The smallest absolute Gasteiger partial charge is 0.0107 e. The Bertz CT molecular complexity index is 230. The molecule has 1 atom stereocenters. The summed E-state index contributed by atoms with van der Waals surface area (Å²) in [5.41, 5.74) is 0. The highest BCUT2D eigenvalue weighted by Crippen LogP contribution is 2.33. The van der Waals surface area contributed by atoms with E-state index in [1.165, 1.54) is 64.7 Å². The number of rotatable bonds is 11. The van der Waals surface area contributed by atoms with E-state index >= 15 is 0 Å². The van der Waals surface area contributed by atoms with Crippen LogP contribution in [0.3, 0.4) is 0 Å². The number of hydrogen-bond acceptors (Lipinski definition) is 2. The fourth-order valence-corrected chi connectivity index (χ4v) is 2.74. The molecule has 2 heteroatoms. The molecule has 1 unspecified atom stereocenters. The number of hydrogen-bond donors (Lipinski definition) is 1. The van der Waals surface area contributed by atoms with E-state index in [-0.39, 0.29) is 0 Å². The minimum absolute atomic E-state index is 0.686. The lowest BCUT2D eigenvalue weighted by Crippen LogP contribution is -2.38. The Morgan fingerprint density at radius 2 is 1.53 bits per heavy atom. The summed E-state index contributed by atoms with van der Waals surface area (Å²) in [7, 11) is 0. The second kappa shape index (κ2) is 7.64. The SMILES string of the molecule is CC(C)CCC(C)NCCN(CC1CC1)CC1CC1. The number of nitrogens with zero attached hydrogens (tertiary/aromatic N) is 1. The molecule has 112 valence electrons. The van der Waals surface area contributed by atoms with Crippen LogP contribution in [0.5, 0.6) is 0 Å². The van der Waals surface area contributed by atoms with Crippen LogP contribution in [0, 0.1) is 17.8 Å². The fraction of sp³-hybridized carbons (Fsp3) is 1.00. The van der Waals surface area contributed by atoms with Gasteiger partial charge in [-0.05, 0) is 63.2 Å². The van der Waals surface area contributed by atoms with E-state index < -0.39 is 0 Å². The highest BCUT2D eigenvalue weighted by atomic mass is 15.1. The van der Waals surface area contributed by atoms with Crippen LogP contribution in [0.1, 0.15) is 59.3 Å². The van der Waals surface area contributed by atoms with Gasteiger partial charge >= 0.3 is 0 Å². The van der Waals surface area contributed by atoms with Crippen molar-refractivity contribution >= 4 is 0 Å². The minimum atomic E-state index is 0.686. The first-order valence-corrected chi connectivity index (χ1v) is 8.59. The van der Waals surface area contributed by atoms with Crippen LogP contribution in [-0.4, -0.2) is 37.1 Å². The summed E-state index contributed by atoms with van der Waals surface area (Å²) in [4.78, 5) is 2.73. The van der Waals surface area contributed by atoms with Gasteiger partial charge in [0, 0.05) is 32.2 Å². The molecule has 0 heterocycles. The van der Waals surface area contributed by atoms with E-state index in [2.05, 4.69) is 31.0 Å². The zero-order valence-corrected chi connectivity index (χ0v) is 13.3. The third-order valence-corrected chi connectivity index (χ3v) is 4.52. The van der Waals surface area contributed by atoms with Crippen molar-refractivity contribution in [3.63, 3.8) is 0 Å². The average molecular weight is 266 g/mol. The topological polar surface area (TPSA) is 15.3 Å². The van der Waals surface area contributed by atoms with Crippen molar-refractivity contribution in [2.24, 2.45) is 17.8 Å². The average Bonchev–Trinajstić information content (AvgIpc) is 3.22.